The molecule has 2 aromatic carbocycles. The number of alkyl halides is 6. The first-order valence-corrected chi connectivity index (χ1v) is 14.4. The van der Waals surface area contributed by atoms with E-state index >= 15 is 4.39 Å². The van der Waals surface area contributed by atoms with E-state index in [2.05, 4.69) is 10.3 Å². The minimum absolute atomic E-state index is 0.0347. The quantitative estimate of drug-likeness (QED) is 0.256. The number of amides is 1. The van der Waals surface area contributed by atoms with E-state index in [9.17, 15) is 45.8 Å². The highest BCUT2D eigenvalue weighted by Crippen LogP contribution is 2.37. The predicted molar refractivity (Wildman–Crippen MR) is 159 cm³/mol. The fourth-order valence-corrected chi connectivity index (χ4v) is 5.76. The van der Waals surface area contributed by atoms with Crippen molar-refractivity contribution in [3.8, 4) is 11.3 Å². The Morgan fingerprint density at radius 2 is 1.83 bits per heavy atom. The third kappa shape index (κ3) is 6.70. The number of benzene rings is 2. The zero-order valence-electron chi connectivity index (χ0n) is 25.2. The first kappa shape index (κ1) is 34.3. The van der Waals surface area contributed by atoms with Gasteiger partial charge in [-0.05, 0) is 47.7 Å². The third-order valence-corrected chi connectivity index (χ3v) is 8.07. The molecule has 9 nitrogen and oxygen atoms in total. The zero-order valence-corrected chi connectivity index (χ0v) is 25.2. The van der Waals surface area contributed by atoms with Crippen molar-refractivity contribution in [3.63, 3.8) is 0 Å². The highest BCUT2D eigenvalue weighted by atomic mass is 19.4. The maximum atomic E-state index is 15.3. The molecule has 0 aliphatic carbocycles. The highest BCUT2D eigenvalue weighted by molar-refractivity contribution is 5.99. The molecule has 0 spiro atoms. The van der Waals surface area contributed by atoms with E-state index in [-0.39, 0.29) is 46.4 Å². The number of aliphatic carboxylic acids is 1. The van der Waals surface area contributed by atoms with Crippen molar-refractivity contribution in [2.45, 2.75) is 37.8 Å². The van der Waals surface area contributed by atoms with Crippen LogP contribution in [0.5, 0.6) is 0 Å². The number of halogens is 7. The van der Waals surface area contributed by atoms with Crippen LogP contribution in [0, 0.1) is 12.7 Å². The second-order valence-electron chi connectivity index (χ2n) is 11.2. The number of carboxylic acid groups (broad SMARTS) is 1. The summed E-state index contributed by atoms with van der Waals surface area (Å²) in [5.41, 5.74) is -3.67. The Morgan fingerprint density at radius 1 is 1.10 bits per heavy atom. The molecule has 2 aromatic heterocycles. The molecule has 16 heteroatoms. The molecule has 1 amide bonds. The summed E-state index contributed by atoms with van der Waals surface area (Å²) in [5, 5.41) is 12.6. The maximum absolute atomic E-state index is 15.3. The van der Waals surface area contributed by atoms with Crippen LogP contribution in [0.2, 0.25) is 0 Å². The van der Waals surface area contributed by atoms with Gasteiger partial charge in [0.05, 0.1) is 35.6 Å². The molecule has 254 valence electrons. The van der Waals surface area contributed by atoms with Crippen molar-refractivity contribution in [2.75, 3.05) is 24.7 Å². The van der Waals surface area contributed by atoms with Crippen LogP contribution in [0.15, 0.2) is 59.7 Å². The molecule has 1 saturated heterocycles. The number of nitrogens with one attached hydrogen (secondary N) is 1. The van der Waals surface area contributed by atoms with Gasteiger partial charge in [-0.25, -0.2) is 9.18 Å². The Labute approximate surface area is 267 Å². The lowest BCUT2D eigenvalue weighted by Gasteiger charge is -2.38. The molecule has 4 aromatic rings. The predicted octanol–water partition coefficient (Wildman–Crippen LogP) is 5.26. The number of hydrogen-bond acceptors (Lipinski definition) is 6. The van der Waals surface area contributed by atoms with Crippen LogP contribution in [0.1, 0.15) is 27.0 Å². The number of rotatable bonds is 7. The van der Waals surface area contributed by atoms with Crippen LogP contribution in [0.4, 0.5) is 36.4 Å². The molecular weight excluding hydrogens is 653 g/mol. The van der Waals surface area contributed by atoms with Gasteiger partial charge in [0.25, 0.3) is 11.5 Å². The summed E-state index contributed by atoms with van der Waals surface area (Å²) in [6.07, 6.45) is -7.84. The molecule has 1 aliphatic heterocycles. The van der Waals surface area contributed by atoms with Crippen molar-refractivity contribution >= 4 is 28.3 Å². The van der Waals surface area contributed by atoms with Crippen LogP contribution >= 0.6 is 0 Å². The Bertz CT molecular complexity index is 1940. The number of morpholine rings is 1. The van der Waals surface area contributed by atoms with Gasteiger partial charge in [-0.2, -0.15) is 26.3 Å². The Hall–Kier alpha value is -4.99. The van der Waals surface area contributed by atoms with Crippen molar-refractivity contribution in [2.24, 2.45) is 7.05 Å². The van der Waals surface area contributed by atoms with E-state index in [4.69, 9.17) is 4.74 Å². The highest BCUT2D eigenvalue weighted by Gasteiger charge is 2.46. The van der Waals surface area contributed by atoms with E-state index in [1.54, 1.807) is 0 Å². The standard InChI is InChI=1S/C32H27F7N4O5/c1-16-12-18(43-10-11-48-15-24(43)32(37,38)39)14-22(33)25(16)28(44)41-23(30(46)47)13-17-4-3-5-20-19(17)6-8-40-27(20)26-21(31(34,35)36)7-9-42(2)29(26)45/h3-9,12,14,23-24H,10-11,13,15H2,1-2H3,(H,41,44)(H,46,47)/t23-,24+/m0/s1. The molecule has 0 bridgehead atoms. The Kier molecular flexibility index (Phi) is 9.23. The van der Waals surface area contributed by atoms with Crippen LogP contribution in [-0.2, 0) is 29.2 Å². The van der Waals surface area contributed by atoms with E-state index in [1.807, 2.05) is 0 Å². The molecule has 0 unspecified atom stereocenters. The van der Waals surface area contributed by atoms with Gasteiger partial charge >= 0.3 is 18.3 Å². The first-order valence-electron chi connectivity index (χ1n) is 14.4. The number of nitrogens with zero attached hydrogens (tertiary/aromatic N) is 3. The number of fused-ring (bicyclic) bond motifs is 1. The van der Waals surface area contributed by atoms with E-state index in [1.165, 1.54) is 50.5 Å². The number of hydrogen-bond donors (Lipinski definition) is 2. The topological polar surface area (TPSA) is 114 Å². The number of ether oxygens (including phenoxy) is 1. The average molecular weight is 681 g/mol. The number of pyridine rings is 2. The molecule has 1 aliphatic rings. The van der Waals surface area contributed by atoms with Gasteiger partial charge in [-0.15, -0.1) is 0 Å². The zero-order chi connectivity index (χ0) is 35.1. The monoisotopic (exact) mass is 680 g/mol. The summed E-state index contributed by atoms with van der Waals surface area (Å²) in [5.74, 6) is -3.85. The normalized spacial score (nSPS) is 16.2. The van der Waals surface area contributed by atoms with Crippen molar-refractivity contribution in [3.05, 3.63) is 93.3 Å². The first-order chi connectivity index (χ1) is 22.5. The summed E-state index contributed by atoms with van der Waals surface area (Å²) in [6.45, 7) is 0.411. The molecule has 2 atom stereocenters. The molecule has 1 fully saturated rings. The second kappa shape index (κ2) is 12.9. The summed E-state index contributed by atoms with van der Waals surface area (Å²) in [6, 6.07) is 4.72. The van der Waals surface area contributed by atoms with Crippen molar-refractivity contribution < 1.29 is 50.2 Å². The van der Waals surface area contributed by atoms with Crippen LogP contribution in [0.25, 0.3) is 22.0 Å². The Morgan fingerprint density at radius 3 is 2.48 bits per heavy atom. The number of carbonyl (C=O) groups is 2. The summed E-state index contributed by atoms with van der Waals surface area (Å²) in [7, 11) is 1.28. The lowest BCUT2D eigenvalue weighted by molar-refractivity contribution is -0.167. The lowest BCUT2D eigenvalue weighted by Crippen LogP contribution is -2.53. The third-order valence-electron chi connectivity index (χ3n) is 8.07. The van der Waals surface area contributed by atoms with E-state index in [0.29, 0.717) is 0 Å². The molecular formula is C32H27F7N4O5. The van der Waals surface area contributed by atoms with Crippen molar-refractivity contribution in [1.29, 1.82) is 0 Å². The fourth-order valence-electron chi connectivity index (χ4n) is 5.76. The van der Waals surface area contributed by atoms with E-state index < -0.39 is 77.4 Å². The largest absolute Gasteiger partial charge is 0.480 e. The number of aryl methyl sites for hydroxylation is 2. The van der Waals surface area contributed by atoms with Crippen LogP contribution < -0.4 is 15.8 Å². The van der Waals surface area contributed by atoms with E-state index in [0.717, 1.165) is 27.8 Å². The minimum Gasteiger partial charge on any atom is -0.480 e. The Balaban J connectivity index is 1.47. The molecule has 0 saturated carbocycles. The SMILES string of the molecule is Cc1cc(N2CCOC[C@@H]2C(F)(F)F)cc(F)c1C(=O)N[C@@H](Cc1cccc2c(-c3c(C(F)(F)F)ccn(C)c3=O)nccc12)C(=O)O. The fraction of sp³-hybridized carbons (Fsp3) is 0.312. The maximum Gasteiger partial charge on any atom is 0.417 e. The summed E-state index contributed by atoms with van der Waals surface area (Å²) >= 11 is 0. The van der Waals surface area contributed by atoms with Gasteiger partial charge in [0.15, 0.2) is 0 Å². The van der Waals surface area contributed by atoms with Gasteiger partial charge in [0, 0.05) is 43.5 Å². The number of carbonyl (C=O) groups excluding carboxylic acids is 1. The smallest absolute Gasteiger partial charge is 0.417 e. The van der Waals surface area contributed by atoms with Gasteiger partial charge < -0.3 is 24.6 Å². The summed E-state index contributed by atoms with van der Waals surface area (Å²) in [4.78, 5) is 43.4. The molecule has 2 N–H and O–H groups in total. The summed E-state index contributed by atoms with van der Waals surface area (Å²) < 4.78 is 104. The van der Waals surface area contributed by atoms with Crippen LogP contribution in [0.3, 0.4) is 0 Å². The van der Waals surface area contributed by atoms with Crippen molar-refractivity contribution in [1.82, 2.24) is 14.9 Å². The molecule has 3 heterocycles. The number of carboxylic acids is 1. The van der Waals surface area contributed by atoms with Gasteiger partial charge in [-0.3, -0.25) is 14.6 Å². The average Bonchev–Trinajstić information content (AvgIpc) is 3.00. The number of anilines is 1. The van der Waals surface area contributed by atoms with Gasteiger partial charge in [0.1, 0.15) is 17.9 Å². The minimum atomic E-state index is -4.89. The van der Waals surface area contributed by atoms with Crippen LogP contribution in [-0.4, -0.2) is 64.6 Å². The number of aromatic nitrogens is 2. The molecule has 48 heavy (non-hydrogen) atoms. The van der Waals surface area contributed by atoms with Gasteiger partial charge in [-0.1, -0.05) is 18.2 Å². The molecule has 5 rings (SSSR count). The molecule has 0 radical (unpaired) electrons. The lowest BCUT2D eigenvalue weighted by atomic mass is 9.95. The second-order valence-corrected chi connectivity index (χ2v) is 11.2. The van der Waals surface area contributed by atoms with Gasteiger partial charge in [0.2, 0.25) is 0 Å².